The van der Waals surface area contributed by atoms with Crippen LogP contribution in [0.3, 0.4) is 0 Å². The van der Waals surface area contributed by atoms with Crippen LogP contribution in [0.5, 0.6) is 0 Å². The predicted molar refractivity (Wildman–Crippen MR) is 119 cm³/mol. The lowest BCUT2D eigenvalue weighted by Gasteiger charge is -2.26. The molecule has 0 aliphatic heterocycles. The van der Waals surface area contributed by atoms with Crippen molar-refractivity contribution in [2.24, 2.45) is 5.73 Å². The molecule has 1 aliphatic rings. The van der Waals surface area contributed by atoms with Crippen LogP contribution in [0, 0.1) is 0 Å². The van der Waals surface area contributed by atoms with Crippen molar-refractivity contribution in [2.45, 2.75) is 57.7 Å². The third kappa shape index (κ3) is 4.54. The Morgan fingerprint density at radius 2 is 2.00 bits per heavy atom. The molecule has 2 aromatic heterocycles. The van der Waals surface area contributed by atoms with E-state index in [1.54, 1.807) is 16.8 Å². The standard InChI is InChI=1S/C20H25ClN8O2/c1-10(2)29-18-16(27-28-29)17(23-13-7-8-14(19(30)31)15(21)9-13)25-20(26-18)24-12-5-3-11(22)4-6-12/h7-12H,3-6,22H2,1-2H3,(H,30,31)(H2,23,24,25,26). The summed E-state index contributed by atoms with van der Waals surface area (Å²) in [5, 5.41) is 24.4. The van der Waals surface area contributed by atoms with Gasteiger partial charge in [0.05, 0.1) is 16.6 Å². The maximum absolute atomic E-state index is 11.2. The van der Waals surface area contributed by atoms with Crippen molar-refractivity contribution in [1.29, 1.82) is 0 Å². The first kappa shape index (κ1) is 21.3. The van der Waals surface area contributed by atoms with Gasteiger partial charge in [0.2, 0.25) is 5.95 Å². The third-order valence-electron chi connectivity index (χ3n) is 5.38. The number of benzene rings is 1. The van der Waals surface area contributed by atoms with Crippen molar-refractivity contribution < 1.29 is 9.90 Å². The van der Waals surface area contributed by atoms with Gasteiger partial charge in [0.1, 0.15) is 0 Å². The minimum Gasteiger partial charge on any atom is -0.478 e. The molecule has 0 radical (unpaired) electrons. The van der Waals surface area contributed by atoms with Gasteiger partial charge in [0, 0.05) is 17.8 Å². The first-order chi connectivity index (χ1) is 14.8. The van der Waals surface area contributed by atoms with Crippen LogP contribution in [-0.4, -0.2) is 48.1 Å². The lowest BCUT2D eigenvalue weighted by Crippen LogP contribution is -2.33. The molecule has 2 heterocycles. The SMILES string of the molecule is CC(C)n1nnc2c(Nc3ccc(C(=O)O)c(Cl)c3)nc(NC3CCC(N)CC3)nc21. The predicted octanol–water partition coefficient (Wildman–Crippen LogP) is 3.58. The Labute approximate surface area is 184 Å². The zero-order chi connectivity index (χ0) is 22.1. The Kier molecular flexibility index (Phi) is 5.92. The maximum atomic E-state index is 11.2. The summed E-state index contributed by atoms with van der Waals surface area (Å²) in [5.41, 5.74) is 7.76. The van der Waals surface area contributed by atoms with Gasteiger partial charge >= 0.3 is 5.97 Å². The first-order valence-electron chi connectivity index (χ1n) is 10.3. The van der Waals surface area contributed by atoms with Crippen LogP contribution in [0.25, 0.3) is 11.2 Å². The summed E-state index contributed by atoms with van der Waals surface area (Å²) >= 11 is 6.12. The van der Waals surface area contributed by atoms with E-state index < -0.39 is 5.97 Å². The summed E-state index contributed by atoms with van der Waals surface area (Å²) in [4.78, 5) is 20.5. The Morgan fingerprint density at radius 3 is 2.65 bits per heavy atom. The van der Waals surface area contributed by atoms with Gasteiger partial charge < -0.3 is 21.5 Å². The van der Waals surface area contributed by atoms with Crippen LogP contribution in [0.1, 0.15) is 55.9 Å². The molecule has 164 valence electrons. The average molecular weight is 445 g/mol. The fourth-order valence-electron chi connectivity index (χ4n) is 3.68. The van der Waals surface area contributed by atoms with Crippen LogP contribution in [0.15, 0.2) is 18.2 Å². The molecular formula is C20H25ClN8O2. The van der Waals surface area contributed by atoms with E-state index in [1.807, 2.05) is 13.8 Å². The van der Waals surface area contributed by atoms with Gasteiger partial charge in [-0.15, -0.1) is 5.10 Å². The number of nitrogens with zero attached hydrogens (tertiary/aromatic N) is 5. The van der Waals surface area contributed by atoms with Crippen LogP contribution in [-0.2, 0) is 0 Å². The normalized spacial score (nSPS) is 19.0. The monoisotopic (exact) mass is 444 g/mol. The highest BCUT2D eigenvalue weighted by atomic mass is 35.5. The zero-order valence-corrected chi connectivity index (χ0v) is 18.1. The Balaban J connectivity index is 1.69. The number of nitrogens with one attached hydrogen (secondary N) is 2. The number of aromatic carboxylic acids is 1. The summed E-state index contributed by atoms with van der Waals surface area (Å²) in [6, 6.07) is 5.19. The fraction of sp³-hybridized carbons (Fsp3) is 0.450. The molecule has 5 N–H and O–H groups in total. The van der Waals surface area contributed by atoms with E-state index in [4.69, 9.17) is 17.3 Å². The molecule has 0 unspecified atom stereocenters. The molecule has 11 heteroatoms. The second kappa shape index (κ2) is 8.64. The molecule has 1 fully saturated rings. The summed E-state index contributed by atoms with van der Waals surface area (Å²) in [6.07, 6.45) is 3.84. The molecule has 0 bridgehead atoms. The summed E-state index contributed by atoms with van der Waals surface area (Å²) in [7, 11) is 0. The Morgan fingerprint density at radius 1 is 1.26 bits per heavy atom. The van der Waals surface area contributed by atoms with Gasteiger partial charge in [0.15, 0.2) is 17.0 Å². The summed E-state index contributed by atoms with van der Waals surface area (Å²) in [6.45, 7) is 4.01. The zero-order valence-electron chi connectivity index (χ0n) is 17.3. The second-order valence-electron chi connectivity index (χ2n) is 8.08. The molecule has 1 aliphatic carbocycles. The molecule has 0 atom stereocenters. The van der Waals surface area contributed by atoms with Crippen molar-refractivity contribution in [2.75, 3.05) is 10.6 Å². The van der Waals surface area contributed by atoms with Gasteiger partial charge in [-0.3, -0.25) is 0 Å². The minimum absolute atomic E-state index is 0.0312. The van der Waals surface area contributed by atoms with Gasteiger partial charge in [-0.1, -0.05) is 16.8 Å². The number of halogens is 1. The number of carboxylic acid groups (broad SMARTS) is 1. The van der Waals surface area contributed by atoms with Crippen LogP contribution >= 0.6 is 11.6 Å². The van der Waals surface area contributed by atoms with E-state index in [9.17, 15) is 9.90 Å². The lowest BCUT2D eigenvalue weighted by molar-refractivity contribution is 0.0697. The van der Waals surface area contributed by atoms with E-state index in [1.165, 1.54) is 6.07 Å². The number of nitrogens with two attached hydrogens (primary N) is 1. The van der Waals surface area contributed by atoms with E-state index in [0.29, 0.717) is 28.6 Å². The van der Waals surface area contributed by atoms with Crippen LogP contribution in [0.2, 0.25) is 5.02 Å². The molecule has 31 heavy (non-hydrogen) atoms. The van der Waals surface area contributed by atoms with Crippen LogP contribution in [0.4, 0.5) is 17.5 Å². The summed E-state index contributed by atoms with van der Waals surface area (Å²) in [5.74, 6) is -0.140. The fourth-order valence-corrected chi connectivity index (χ4v) is 3.94. The highest BCUT2D eigenvalue weighted by molar-refractivity contribution is 6.33. The molecule has 3 aromatic rings. The number of carbonyl (C=O) groups is 1. The Bertz CT molecular complexity index is 1110. The molecule has 10 nitrogen and oxygen atoms in total. The van der Waals surface area contributed by atoms with E-state index >= 15 is 0 Å². The largest absolute Gasteiger partial charge is 0.478 e. The summed E-state index contributed by atoms with van der Waals surface area (Å²) < 4.78 is 1.74. The quantitative estimate of drug-likeness (QED) is 0.448. The van der Waals surface area contributed by atoms with Gasteiger partial charge in [-0.25, -0.2) is 9.48 Å². The third-order valence-corrected chi connectivity index (χ3v) is 5.69. The van der Waals surface area contributed by atoms with E-state index in [0.717, 1.165) is 25.7 Å². The molecule has 1 aromatic carbocycles. The van der Waals surface area contributed by atoms with Gasteiger partial charge in [-0.2, -0.15) is 9.97 Å². The first-order valence-corrected chi connectivity index (χ1v) is 10.6. The number of rotatable bonds is 6. The minimum atomic E-state index is -1.08. The lowest BCUT2D eigenvalue weighted by atomic mass is 9.92. The number of aromatic nitrogens is 5. The number of anilines is 3. The number of hydrogen-bond donors (Lipinski definition) is 4. The van der Waals surface area contributed by atoms with Gasteiger partial charge in [0.25, 0.3) is 0 Å². The highest BCUT2D eigenvalue weighted by Crippen LogP contribution is 2.28. The van der Waals surface area contributed by atoms with E-state index in [2.05, 4.69) is 30.9 Å². The molecular weight excluding hydrogens is 420 g/mol. The molecule has 0 amide bonds. The maximum Gasteiger partial charge on any atom is 0.337 e. The molecule has 0 spiro atoms. The highest BCUT2D eigenvalue weighted by Gasteiger charge is 2.22. The Hall–Kier alpha value is -2.98. The number of carboxylic acids is 1. The van der Waals surface area contributed by atoms with E-state index in [-0.39, 0.29) is 28.7 Å². The van der Waals surface area contributed by atoms with Crippen molar-refractivity contribution >= 4 is 46.2 Å². The molecule has 1 saturated carbocycles. The topological polar surface area (TPSA) is 144 Å². The van der Waals surface area contributed by atoms with Crippen molar-refractivity contribution in [3.63, 3.8) is 0 Å². The second-order valence-corrected chi connectivity index (χ2v) is 8.48. The van der Waals surface area contributed by atoms with Crippen molar-refractivity contribution in [1.82, 2.24) is 25.0 Å². The van der Waals surface area contributed by atoms with Gasteiger partial charge in [-0.05, 0) is 57.7 Å². The number of fused-ring (bicyclic) bond motifs is 1. The number of hydrogen-bond acceptors (Lipinski definition) is 8. The van der Waals surface area contributed by atoms with Crippen LogP contribution < -0.4 is 16.4 Å². The van der Waals surface area contributed by atoms with Crippen molar-refractivity contribution in [3.8, 4) is 0 Å². The smallest absolute Gasteiger partial charge is 0.337 e. The van der Waals surface area contributed by atoms with Crippen molar-refractivity contribution in [3.05, 3.63) is 28.8 Å². The average Bonchev–Trinajstić information content (AvgIpc) is 3.14. The molecule has 4 rings (SSSR count). The molecule has 0 saturated heterocycles.